The molecule has 0 unspecified atom stereocenters. The van der Waals surface area contributed by atoms with Gasteiger partial charge in [0.25, 0.3) is 0 Å². The Hall–Kier alpha value is -2.38. The van der Waals surface area contributed by atoms with E-state index in [4.69, 9.17) is 11.6 Å². The van der Waals surface area contributed by atoms with Crippen molar-refractivity contribution in [3.8, 4) is 0 Å². The van der Waals surface area contributed by atoms with Crippen LogP contribution in [-0.2, 0) is 21.2 Å². The van der Waals surface area contributed by atoms with Gasteiger partial charge >= 0.3 is 5.97 Å². The van der Waals surface area contributed by atoms with Gasteiger partial charge in [0, 0.05) is 41.4 Å². The molecule has 5 nitrogen and oxygen atoms in total. The van der Waals surface area contributed by atoms with Crippen LogP contribution < -0.4 is 0 Å². The van der Waals surface area contributed by atoms with Gasteiger partial charge in [-0.25, -0.2) is 12.8 Å². The standard InChI is InChI=1S/C23H27ClFNO4S/c1-15(11-20(25)12-16(2)31(4,29)30)21-10-7-18(13-22(27)28)23(21)26(3)14-17-5-8-19(24)9-6-17/h5-6,8-9,11-12,18H,1,7,10,13-14H2,2-4H3,(H,27,28)/b16-12+,20-11+/t18-/m1/s1. The van der Waals surface area contributed by atoms with Crippen LogP contribution >= 0.6 is 11.6 Å². The molecule has 1 aliphatic rings. The van der Waals surface area contributed by atoms with Crippen LogP contribution in [0, 0.1) is 5.92 Å². The summed E-state index contributed by atoms with van der Waals surface area (Å²) in [5.74, 6) is -1.84. The molecule has 0 saturated carbocycles. The van der Waals surface area contributed by atoms with Gasteiger partial charge in [0.05, 0.1) is 6.42 Å². The summed E-state index contributed by atoms with van der Waals surface area (Å²) in [4.78, 5) is 13.3. The first-order chi connectivity index (χ1) is 14.4. The van der Waals surface area contributed by atoms with Crippen LogP contribution in [0.5, 0.6) is 0 Å². The Balaban J connectivity index is 2.38. The Morgan fingerprint density at radius 2 is 1.94 bits per heavy atom. The van der Waals surface area contributed by atoms with Crippen molar-refractivity contribution >= 4 is 27.4 Å². The third-order valence-electron chi connectivity index (χ3n) is 5.23. The summed E-state index contributed by atoms with van der Waals surface area (Å²) < 4.78 is 37.5. The van der Waals surface area contributed by atoms with Crippen LogP contribution in [0.2, 0.25) is 5.02 Å². The molecule has 0 spiro atoms. The van der Waals surface area contributed by atoms with Crippen molar-refractivity contribution in [1.29, 1.82) is 0 Å². The molecule has 168 valence electrons. The van der Waals surface area contributed by atoms with Crippen molar-refractivity contribution in [3.05, 3.63) is 81.2 Å². The number of carboxylic acid groups (broad SMARTS) is 1. The SMILES string of the molecule is C=C(/C=C(F)\C=C(/C)S(C)(=O)=O)C1=C(N(C)Cc2ccc(Cl)cc2)[C@@H](CC(=O)O)CC1. The van der Waals surface area contributed by atoms with Crippen molar-refractivity contribution < 1.29 is 22.7 Å². The number of hydrogen-bond donors (Lipinski definition) is 1. The van der Waals surface area contributed by atoms with Crippen molar-refractivity contribution in [2.45, 2.75) is 32.7 Å². The molecule has 1 aliphatic carbocycles. The molecule has 1 N–H and O–H groups in total. The van der Waals surface area contributed by atoms with Crippen LogP contribution in [0.15, 0.2) is 70.6 Å². The molecule has 0 amide bonds. The van der Waals surface area contributed by atoms with Crippen LogP contribution in [0.25, 0.3) is 0 Å². The second kappa shape index (κ2) is 10.3. The molecule has 0 aromatic heterocycles. The molecule has 0 radical (unpaired) electrons. The lowest BCUT2D eigenvalue weighted by molar-refractivity contribution is -0.137. The molecule has 2 rings (SSSR count). The van der Waals surface area contributed by atoms with E-state index < -0.39 is 21.6 Å². The van der Waals surface area contributed by atoms with Gasteiger partial charge in [-0.3, -0.25) is 4.79 Å². The van der Waals surface area contributed by atoms with Gasteiger partial charge in [0.2, 0.25) is 0 Å². The zero-order valence-electron chi connectivity index (χ0n) is 17.9. The van der Waals surface area contributed by atoms with E-state index in [1.54, 1.807) is 12.1 Å². The zero-order valence-corrected chi connectivity index (χ0v) is 19.4. The minimum absolute atomic E-state index is 0.0314. The molecule has 1 aromatic rings. The average Bonchev–Trinajstić information content (AvgIpc) is 3.05. The van der Waals surface area contributed by atoms with Gasteiger partial charge in [-0.05, 0) is 60.8 Å². The Labute approximate surface area is 188 Å². The highest BCUT2D eigenvalue weighted by atomic mass is 35.5. The lowest BCUT2D eigenvalue weighted by atomic mass is 10.00. The summed E-state index contributed by atoms with van der Waals surface area (Å²) >= 11 is 5.95. The molecule has 1 atom stereocenters. The van der Waals surface area contributed by atoms with E-state index in [0.29, 0.717) is 30.0 Å². The number of hydrogen-bond acceptors (Lipinski definition) is 4. The van der Waals surface area contributed by atoms with Gasteiger partial charge in [0.1, 0.15) is 5.83 Å². The molecular formula is C23H27ClFNO4S. The Kier molecular flexibility index (Phi) is 8.26. The maximum Gasteiger partial charge on any atom is 0.304 e. The maximum atomic E-state index is 14.4. The predicted molar refractivity (Wildman–Crippen MR) is 122 cm³/mol. The molecule has 0 saturated heterocycles. The highest BCUT2D eigenvalue weighted by Gasteiger charge is 2.30. The van der Waals surface area contributed by atoms with Crippen LogP contribution in [0.4, 0.5) is 4.39 Å². The number of halogens is 2. The molecule has 1 aromatic carbocycles. The summed E-state index contributed by atoms with van der Waals surface area (Å²) in [7, 11) is -1.61. The molecule has 0 fully saturated rings. The highest BCUT2D eigenvalue weighted by molar-refractivity contribution is 7.94. The zero-order chi connectivity index (χ0) is 23.3. The van der Waals surface area contributed by atoms with Gasteiger partial charge in [-0.15, -0.1) is 0 Å². The Morgan fingerprint density at radius 1 is 1.32 bits per heavy atom. The summed E-state index contributed by atoms with van der Waals surface area (Å²) in [6.45, 7) is 5.82. The maximum absolute atomic E-state index is 14.4. The van der Waals surface area contributed by atoms with Crippen molar-refractivity contribution in [3.63, 3.8) is 0 Å². The summed E-state index contributed by atoms with van der Waals surface area (Å²) in [5.41, 5.74) is 3.00. The normalized spacial score (nSPS) is 17.8. The van der Waals surface area contributed by atoms with Gasteiger partial charge in [-0.1, -0.05) is 30.3 Å². The summed E-state index contributed by atoms with van der Waals surface area (Å²) in [6.07, 6.45) is 4.33. The highest BCUT2D eigenvalue weighted by Crippen LogP contribution is 2.40. The topological polar surface area (TPSA) is 74.7 Å². The van der Waals surface area contributed by atoms with Crippen LogP contribution in [0.1, 0.15) is 31.7 Å². The summed E-state index contributed by atoms with van der Waals surface area (Å²) in [5, 5.41) is 9.95. The Bertz CT molecular complexity index is 1060. The first kappa shape index (κ1) is 24.9. The van der Waals surface area contributed by atoms with E-state index in [1.165, 1.54) is 13.0 Å². The van der Waals surface area contributed by atoms with Crippen LogP contribution in [0.3, 0.4) is 0 Å². The number of sulfone groups is 1. The van der Waals surface area contributed by atoms with E-state index >= 15 is 0 Å². The smallest absolute Gasteiger partial charge is 0.304 e. The fourth-order valence-electron chi connectivity index (χ4n) is 3.65. The minimum Gasteiger partial charge on any atom is -0.481 e. The fourth-order valence-corrected chi connectivity index (χ4v) is 4.10. The van der Waals surface area contributed by atoms with E-state index in [2.05, 4.69) is 6.58 Å². The second-order valence-corrected chi connectivity index (χ2v) is 10.4. The predicted octanol–water partition coefficient (Wildman–Crippen LogP) is 5.27. The molecule has 0 bridgehead atoms. The lowest BCUT2D eigenvalue weighted by Crippen LogP contribution is -2.23. The van der Waals surface area contributed by atoms with Crippen molar-refractivity contribution in [2.75, 3.05) is 13.3 Å². The van der Waals surface area contributed by atoms with Gasteiger partial charge < -0.3 is 10.0 Å². The van der Waals surface area contributed by atoms with Gasteiger partial charge in [0.15, 0.2) is 9.84 Å². The number of nitrogens with zero attached hydrogens (tertiary/aromatic N) is 1. The van der Waals surface area contributed by atoms with Crippen molar-refractivity contribution in [2.24, 2.45) is 5.92 Å². The first-order valence-corrected chi connectivity index (χ1v) is 12.0. The lowest BCUT2D eigenvalue weighted by Gasteiger charge is -2.27. The molecule has 8 heteroatoms. The molecule has 0 heterocycles. The van der Waals surface area contributed by atoms with E-state index in [-0.39, 0.29) is 17.2 Å². The number of aliphatic carboxylic acids is 1. The quantitative estimate of drug-likeness (QED) is 0.501. The second-order valence-electron chi connectivity index (χ2n) is 7.76. The number of benzene rings is 1. The Morgan fingerprint density at radius 3 is 2.48 bits per heavy atom. The number of rotatable bonds is 9. The minimum atomic E-state index is -3.48. The number of allylic oxidation sites excluding steroid dienone is 7. The third-order valence-corrected chi connectivity index (χ3v) is 6.77. The van der Waals surface area contributed by atoms with Crippen LogP contribution in [-0.4, -0.2) is 37.7 Å². The third kappa shape index (κ3) is 7.08. The molecule has 31 heavy (non-hydrogen) atoms. The van der Waals surface area contributed by atoms with E-state index in [9.17, 15) is 22.7 Å². The number of carbonyl (C=O) groups is 1. The fraction of sp³-hybridized carbons (Fsp3) is 0.348. The monoisotopic (exact) mass is 467 g/mol. The van der Waals surface area contributed by atoms with E-state index in [1.807, 2.05) is 24.1 Å². The van der Waals surface area contributed by atoms with Gasteiger partial charge in [-0.2, -0.15) is 0 Å². The average molecular weight is 468 g/mol. The first-order valence-electron chi connectivity index (χ1n) is 9.73. The molecular weight excluding hydrogens is 441 g/mol. The summed E-state index contributed by atoms with van der Waals surface area (Å²) in [6, 6.07) is 7.37. The molecule has 0 aliphatic heterocycles. The van der Waals surface area contributed by atoms with E-state index in [0.717, 1.165) is 29.2 Å². The number of carboxylic acids is 1. The largest absolute Gasteiger partial charge is 0.481 e. The van der Waals surface area contributed by atoms with Crippen molar-refractivity contribution in [1.82, 2.24) is 4.90 Å².